The van der Waals surface area contributed by atoms with Crippen LogP contribution in [0.5, 0.6) is 0 Å². The average molecular weight is 277 g/mol. The van der Waals surface area contributed by atoms with E-state index >= 15 is 0 Å². The summed E-state index contributed by atoms with van der Waals surface area (Å²) >= 11 is 3.18. The lowest BCUT2D eigenvalue weighted by atomic mass is 10.3. The number of imidazole rings is 1. The number of nitrogens with zero attached hydrogens (tertiary/aromatic N) is 4. The minimum atomic E-state index is 0.612. The summed E-state index contributed by atoms with van der Waals surface area (Å²) < 4.78 is 2.10. The summed E-state index contributed by atoms with van der Waals surface area (Å²) in [6.07, 6.45) is 6.12. The zero-order valence-electron chi connectivity index (χ0n) is 9.48. The maximum Gasteiger partial charge on any atom is 0.194 e. The van der Waals surface area contributed by atoms with Gasteiger partial charge in [-0.3, -0.25) is 4.40 Å². The summed E-state index contributed by atoms with van der Waals surface area (Å²) in [6, 6.07) is 1.88. The summed E-state index contributed by atoms with van der Waals surface area (Å²) in [7, 11) is 0. The molecule has 3 rings (SSSR count). The molecule has 92 valence electrons. The first-order chi connectivity index (χ1) is 8.88. The van der Waals surface area contributed by atoms with Crippen LogP contribution in [0.15, 0.2) is 40.2 Å². The van der Waals surface area contributed by atoms with Crippen molar-refractivity contribution in [1.29, 1.82) is 0 Å². The Morgan fingerprint density at radius 2 is 2.39 bits per heavy atom. The second kappa shape index (κ2) is 5.05. The first kappa shape index (κ1) is 11.6. The van der Waals surface area contributed by atoms with Gasteiger partial charge in [0, 0.05) is 24.2 Å². The van der Waals surface area contributed by atoms with Gasteiger partial charge in [-0.2, -0.15) is 0 Å². The lowest BCUT2D eigenvalue weighted by Gasteiger charge is -2.01. The molecule has 0 aliphatic rings. The SMILES string of the molecule is NCCc1c(Sc2ccncn2)nc2sccn12. The van der Waals surface area contributed by atoms with Crippen LogP contribution in [0.4, 0.5) is 0 Å². The van der Waals surface area contributed by atoms with Crippen LogP contribution in [0.3, 0.4) is 0 Å². The Labute approximate surface area is 112 Å². The quantitative estimate of drug-likeness (QED) is 0.737. The first-order valence-electron chi connectivity index (χ1n) is 5.47. The van der Waals surface area contributed by atoms with Gasteiger partial charge in [-0.25, -0.2) is 15.0 Å². The van der Waals surface area contributed by atoms with Gasteiger partial charge in [0.05, 0.1) is 5.69 Å². The number of rotatable bonds is 4. The molecule has 0 aromatic carbocycles. The molecule has 0 spiro atoms. The standard InChI is InChI=1S/C11H11N5S2/c12-3-1-8-10(15-11-16(8)5-6-17-11)18-9-2-4-13-7-14-9/h2,4-7H,1,3,12H2. The Hall–Kier alpha value is -1.44. The largest absolute Gasteiger partial charge is 0.330 e. The highest BCUT2D eigenvalue weighted by Crippen LogP contribution is 2.30. The van der Waals surface area contributed by atoms with E-state index in [0.717, 1.165) is 27.1 Å². The predicted molar refractivity (Wildman–Crippen MR) is 72.0 cm³/mol. The number of aromatic nitrogens is 4. The van der Waals surface area contributed by atoms with E-state index in [0.29, 0.717) is 6.54 Å². The van der Waals surface area contributed by atoms with Gasteiger partial charge in [-0.1, -0.05) is 0 Å². The Kier molecular flexibility index (Phi) is 3.26. The van der Waals surface area contributed by atoms with Crippen molar-refractivity contribution in [2.75, 3.05) is 6.54 Å². The normalized spacial score (nSPS) is 11.2. The monoisotopic (exact) mass is 277 g/mol. The van der Waals surface area contributed by atoms with Crippen molar-refractivity contribution < 1.29 is 0 Å². The fourth-order valence-electron chi connectivity index (χ4n) is 1.70. The highest BCUT2D eigenvalue weighted by Gasteiger charge is 2.13. The number of nitrogens with two attached hydrogens (primary N) is 1. The van der Waals surface area contributed by atoms with E-state index in [1.54, 1.807) is 35.6 Å². The molecule has 0 bridgehead atoms. The van der Waals surface area contributed by atoms with E-state index < -0.39 is 0 Å². The van der Waals surface area contributed by atoms with Crippen molar-refractivity contribution in [1.82, 2.24) is 19.4 Å². The average Bonchev–Trinajstić information content (AvgIpc) is 2.95. The minimum Gasteiger partial charge on any atom is -0.330 e. The summed E-state index contributed by atoms with van der Waals surface area (Å²) in [5.74, 6) is 0. The van der Waals surface area contributed by atoms with Crippen LogP contribution in [-0.2, 0) is 6.42 Å². The molecule has 3 aromatic rings. The van der Waals surface area contributed by atoms with Crippen LogP contribution in [0.1, 0.15) is 5.69 Å². The highest BCUT2D eigenvalue weighted by atomic mass is 32.2. The molecule has 0 aliphatic carbocycles. The third-order valence-electron chi connectivity index (χ3n) is 2.46. The van der Waals surface area contributed by atoms with Crippen molar-refractivity contribution in [3.05, 3.63) is 35.9 Å². The van der Waals surface area contributed by atoms with Crippen molar-refractivity contribution in [2.24, 2.45) is 5.73 Å². The minimum absolute atomic E-state index is 0.612. The summed E-state index contributed by atoms with van der Waals surface area (Å²) in [6.45, 7) is 0.612. The lowest BCUT2D eigenvalue weighted by Crippen LogP contribution is -2.05. The molecule has 0 radical (unpaired) electrons. The van der Waals surface area contributed by atoms with Crippen LogP contribution in [0.25, 0.3) is 4.96 Å². The van der Waals surface area contributed by atoms with Gasteiger partial charge in [0.15, 0.2) is 4.96 Å². The molecule has 0 saturated heterocycles. The fourth-order valence-corrected chi connectivity index (χ4v) is 3.36. The third-order valence-corrected chi connectivity index (χ3v) is 4.19. The smallest absolute Gasteiger partial charge is 0.194 e. The van der Waals surface area contributed by atoms with Gasteiger partial charge >= 0.3 is 0 Å². The molecule has 0 atom stereocenters. The molecule has 7 heteroatoms. The van der Waals surface area contributed by atoms with Crippen LogP contribution in [0, 0.1) is 0 Å². The molecular weight excluding hydrogens is 266 g/mol. The topological polar surface area (TPSA) is 69.1 Å². The van der Waals surface area contributed by atoms with Crippen molar-refractivity contribution in [2.45, 2.75) is 16.5 Å². The van der Waals surface area contributed by atoms with E-state index in [1.807, 2.05) is 17.6 Å². The van der Waals surface area contributed by atoms with Gasteiger partial charge in [-0.05, 0) is 24.4 Å². The fraction of sp³-hybridized carbons (Fsp3) is 0.182. The molecule has 18 heavy (non-hydrogen) atoms. The van der Waals surface area contributed by atoms with Gasteiger partial charge in [0.25, 0.3) is 0 Å². The van der Waals surface area contributed by atoms with E-state index in [1.165, 1.54) is 0 Å². The van der Waals surface area contributed by atoms with Gasteiger partial charge in [0.1, 0.15) is 16.4 Å². The Morgan fingerprint density at radius 1 is 1.44 bits per heavy atom. The third kappa shape index (κ3) is 2.12. The van der Waals surface area contributed by atoms with E-state index in [2.05, 4.69) is 19.4 Å². The molecule has 3 aromatic heterocycles. The maximum absolute atomic E-state index is 5.67. The summed E-state index contributed by atoms with van der Waals surface area (Å²) in [4.78, 5) is 13.7. The van der Waals surface area contributed by atoms with Crippen LogP contribution in [-0.4, -0.2) is 25.9 Å². The lowest BCUT2D eigenvalue weighted by molar-refractivity contribution is 0.877. The molecule has 0 saturated carbocycles. The molecule has 0 aliphatic heterocycles. The number of fused-ring (bicyclic) bond motifs is 1. The molecular formula is C11H11N5S2. The van der Waals surface area contributed by atoms with Crippen molar-refractivity contribution in [3.8, 4) is 0 Å². The second-order valence-corrected chi connectivity index (χ2v) is 5.49. The molecule has 3 heterocycles. The van der Waals surface area contributed by atoms with Crippen molar-refractivity contribution in [3.63, 3.8) is 0 Å². The van der Waals surface area contributed by atoms with Crippen LogP contribution >= 0.6 is 23.1 Å². The highest BCUT2D eigenvalue weighted by molar-refractivity contribution is 7.99. The van der Waals surface area contributed by atoms with E-state index in [-0.39, 0.29) is 0 Å². The molecule has 2 N–H and O–H groups in total. The van der Waals surface area contributed by atoms with Gasteiger partial charge in [0.2, 0.25) is 0 Å². The predicted octanol–water partition coefficient (Wildman–Crippen LogP) is 1.84. The van der Waals surface area contributed by atoms with Crippen LogP contribution < -0.4 is 5.73 Å². The van der Waals surface area contributed by atoms with Crippen LogP contribution in [0.2, 0.25) is 0 Å². The Bertz CT molecular complexity index is 646. The van der Waals surface area contributed by atoms with Gasteiger partial charge < -0.3 is 5.73 Å². The molecule has 0 unspecified atom stereocenters. The summed E-state index contributed by atoms with van der Waals surface area (Å²) in [5, 5.41) is 3.90. The summed E-state index contributed by atoms with van der Waals surface area (Å²) in [5.41, 5.74) is 6.82. The Morgan fingerprint density at radius 3 is 3.17 bits per heavy atom. The Balaban J connectivity index is 2.00. The molecule has 0 amide bonds. The molecule has 5 nitrogen and oxygen atoms in total. The number of hydrogen-bond donors (Lipinski definition) is 1. The van der Waals surface area contributed by atoms with Gasteiger partial charge in [-0.15, -0.1) is 11.3 Å². The zero-order chi connectivity index (χ0) is 12.4. The zero-order valence-corrected chi connectivity index (χ0v) is 11.1. The van der Waals surface area contributed by atoms with Crippen molar-refractivity contribution >= 4 is 28.1 Å². The maximum atomic E-state index is 5.67. The van der Waals surface area contributed by atoms with E-state index in [9.17, 15) is 0 Å². The first-order valence-corrected chi connectivity index (χ1v) is 7.16. The molecule has 0 fully saturated rings. The number of hydrogen-bond acceptors (Lipinski definition) is 6. The number of thiazole rings is 1. The van der Waals surface area contributed by atoms with E-state index in [4.69, 9.17) is 5.73 Å². The second-order valence-electron chi connectivity index (χ2n) is 3.61.